The Morgan fingerprint density at radius 2 is 2.31 bits per heavy atom. The molecule has 1 unspecified atom stereocenters. The lowest BCUT2D eigenvalue weighted by atomic mass is 10.2. The lowest BCUT2D eigenvalue weighted by Gasteiger charge is -2.09. The van der Waals surface area contributed by atoms with Crippen LogP contribution in [0.4, 0.5) is 0 Å². The number of hydrogen-bond donors (Lipinski definition) is 1. The van der Waals surface area contributed by atoms with Crippen molar-refractivity contribution in [2.75, 3.05) is 20.3 Å². The molecule has 0 aliphatic rings. The van der Waals surface area contributed by atoms with Crippen LogP contribution < -0.4 is 5.32 Å². The smallest absolute Gasteiger partial charge is 0.233 e. The van der Waals surface area contributed by atoms with Crippen molar-refractivity contribution in [3.05, 3.63) is 0 Å². The molecule has 0 rings (SSSR count). The molecule has 1 N–H and O–H groups in total. The van der Waals surface area contributed by atoms with E-state index in [0.717, 1.165) is 19.3 Å². The zero-order valence-electron chi connectivity index (χ0n) is 8.31. The Morgan fingerprint density at radius 3 is 2.85 bits per heavy atom. The Morgan fingerprint density at radius 1 is 1.62 bits per heavy atom. The van der Waals surface area contributed by atoms with Gasteiger partial charge in [0, 0.05) is 13.7 Å². The van der Waals surface area contributed by atoms with E-state index in [1.165, 1.54) is 0 Å². The predicted octanol–water partition coefficient (Wildman–Crippen LogP) is 1.70. The topological polar surface area (TPSA) is 38.3 Å². The van der Waals surface area contributed by atoms with Gasteiger partial charge in [-0.25, -0.2) is 0 Å². The van der Waals surface area contributed by atoms with Crippen molar-refractivity contribution in [2.45, 2.75) is 31.0 Å². The van der Waals surface area contributed by atoms with Crippen molar-refractivity contribution >= 4 is 21.8 Å². The van der Waals surface area contributed by atoms with E-state index in [1.54, 1.807) is 7.11 Å². The maximum Gasteiger partial charge on any atom is 0.233 e. The lowest BCUT2D eigenvalue weighted by molar-refractivity contribution is -0.120. The van der Waals surface area contributed by atoms with Gasteiger partial charge in [0.1, 0.15) is 0 Å². The third-order valence-corrected chi connectivity index (χ3v) is 2.57. The van der Waals surface area contributed by atoms with Gasteiger partial charge in [0.25, 0.3) is 0 Å². The molecular weight excluding hydrogens is 234 g/mol. The fraction of sp³-hybridized carbons (Fsp3) is 0.889. The molecule has 0 aromatic rings. The number of carbonyl (C=O) groups excluding carboxylic acids is 1. The minimum atomic E-state index is -0.0516. The molecular formula is C9H18BrNO2. The molecule has 0 aliphatic carbocycles. The molecule has 0 spiro atoms. The number of rotatable bonds is 7. The summed E-state index contributed by atoms with van der Waals surface area (Å²) in [6, 6.07) is 0. The maximum atomic E-state index is 11.3. The molecule has 0 aliphatic heterocycles. The molecule has 0 saturated carbocycles. The summed E-state index contributed by atoms with van der Waals surface area (Å²) >= 11 is 3.34. The minimum Gasteiger partial charge on any atom is -0.383 e. The average Bonchev–Trinajstić information content (AvgIpc) is 2.14. The number of halogens is 1. The van der Waals surface area contributed by atoms with E-state index in [0.29, 0.717) is 13.2 Å². The average molecular weight is 252 g/mol. The first kappa shape index (κ1) is 12.9. The van der Waals surface area contributed by atoms with Gasteiger partial charge in [-0.05, 0) is 6.42 Å². The molecule has 0 aromatic carbocycles. The summed E-state index contributed by atoms with van der Waals surface area (Å²) in [5.74, 6) is 0.0606. The van der Waals surface area contributed by atoms with E-state index in [4.69, 9.17) is 4.74 Å². The van der Waals surface area contributed by atoms with Gasteiger partial charge in [-0.3, -0.25) is 4.79 Å². The van der Waals surface area contributed by atoms with Crippen molar-refractivity contribution < 1.29 is 9.53 Å². The summed E-state index contributed by atoms with van der Waals surface area (Å²) in [5.41, 5.74) is 0. The van der Waals surface area contributed by atoms with Gasteiger partial charge in [0.15, 0.2) is 0 Å². The SMILES string of the molecule is CCCCC(Br)C(=O)NCCOC. The van der Waals surface area contributed by atoms with E-state index in [1.807, 2.05) is 0 Å². The Bertz CT molecular complexity index is 142. The number of amides is 1. The highest BCUT2D eigenvalue weighted by Crippen LogP contribution is 2.09. The van der Waals surface area contributed by atoms with Crippen molar-refractivity contribution in [1.29, 1.82) is 0 Å². The monoisotopic (exact) mass is 251 g/mol. The Hall–Kier alpha value is -0.0900. The van der Waals surface area contributed by atoms with Crippen molar-refractivity contribution in [1.82, 2.24) is 5.32 Å². The van der Waals surface area contributed by atoms with Gasteiger partial charge < -0.3 is 10.1 Å². The molecule has 4 heteroatoms. The summed E-state index contributed by atoms with van der Waals surface area (Å²) in [7, 11) is 1.62. The number of unbranched alkanes of at least 4 members (excludes halogenated alkanes) is 1. The molecule has 1 amide bonds. The van der Waals surface area contributed by atoms with Gasteiger partial charge in [-0.2, -0.15) is 0 Å². The zero-order chi connectivity index (χ0) is 10.1. The molecule has 0 bridgehead atoms. The highest BCUT2D eigenvalue weighted by molar-refractivity contribution is 9.10. The number of alkyl halides is 1. The predicted molar refractivity (Wildman–Crippen MR) is 57.1 cm³/mol. The highest BCUT2D eigenvalue weighted by Gasteiger charge is 2.12. The molecule has 0 fully saturated rings. The summed E-state index contributed by atoms with van der Waals surface area (Å²) in [5, 5.41) is 2.78. The number of ether oxygens (including phenoxy) is 1. The van der Waals surface area contributed by atoms with E-state index >= 15 is 0 Å². The first-order valence-electron chi connectivity index (χ1n) is 4.63. The van der Waals surface area contributed by atoms with Crippen LogP contribution in [0.3, 0.4) is 0 Å². The minimum absolute atomic E-state index is 0.0516. The van der Waals surface area contributed by atoms with E-state index < -0.39 is 0 Å². The third-order valence-electron chi connectivity index (χ3n) is 1.70. The summed E-state index contributed by atoms with van der Waals surface area (Å²) in [6.45, 7) is 3.27. The van der Waals surface area contributed by atoms with Gasteiger partial charge >= 0.3 is 0 Å². The second-order valence-corrected chi connectivity index (χ2v) is 4.00. The van der Waals surface area contributed by atoms with Crippen LogP contribution >= 0.6 is 15.9 Å². The number of nitrogens with one attached hydrogen (secondary N) is 1. The summed E-state index contributed by atoms with van der Waals surface area (Å²) in [6.07, 6.45) is 3.09. The lowest BCUT2D eigenvalue weighted by Crippen LogP contribution is -2.33. The fourth-order valence-corrected chi connectivity index (χ4v) is 1.39. The van der Waals surface area contributed by atoms with Crippen molar-refractivity contribution in [2.24, 2.45) is 0 Å². The number of methoxy groups -OCH3 is 1. The highest BCUT2D eigenvalue weighted by atomic mass is 79.9. The van der Waals surface area contributed by atoms with Crippen LogP contribution in [0.2, 0.25) is 0 Å². The van der Waals surface area contributed by atoms with Gasteiger partial charge in [-0.1, -0.05) is 35.7 Å². The standard InChI is InChI=1S/C9H18BrNO2/c1-3-4-5-8(10)9(12)11-6-7-13-2/h8H,3-7H2,1-2H3,(H,11,12). The van der Waals surface area contributed by atoms with Gasteiger partial charge in [0.05, 0.1) is 11.4 Å². The van der Waals surface area contributed by atoms with Crippen LogP contribution in [-0.2, 0) is 9.53 Å². The molecule has 3 nitrogen and oxygen atoms in total. The number of hydrogen-bond acceptors (Lipinski definition) is 2. The van der Waals surface area contributed by atoms with Crippen LogP contribution in [0.5, 0.6) is 0 Å². The molecule has 13 heavy (non-hydrogen) atoms. The third kappa shape index (κ3) is 7.02. The first-order chi connectivity index (χ1) is 6.22. The summed E-state index contributed by atoms with van der Waals surface area (Å²) in [4.78, 5) is 11.3. The van der Waals surface area contributed by atoms with Gasteiger partial charge in [0.2, 0.25) is 5.91 Å². The Labute approximate surface area is 88.4 Å². The van der Waals surface area contributed by atoms with Crippen LogP contribution in [-0.4, -0.2) is 31.0 Å². The van der Waals surface area contributed by atoms with Crippen molar-refractivity contribution in [3.63, 3.8) is 0 Å². The number of carbonyl (C=O) groups is 1. The van der Waals surface area contributed by atoms with Crippen LogP contribution in [0.15, 0.2) is 0 Å². The van der Waals surface area contributed by atoms with Crippen LogP contribution in [0.1, 0.15) is 26.2 Å². The normalized spacial score (nSPS) is 12.5. The van der Waals surface area contributed by atoms with E-state index in [-0.39, 0.29) is 10.7 Å². The summed E-state index contributed by atoms with van der Waals surface area (Å²) < 4.78 is 4.82. The molecule has 1 atom stereocenters. The Balaban J connectivity index is 3.45. The van der Waals surface area contributed by atoms with Gasteiger partial charge in [-0.15, -0.1) is 0 Å². The largest absolute Gasteiger partial charge is 0.383 e. The molecule has 78 valence electrons. The molecule has 0 heterocycles. The molecule has 0 radical (unpaired) electrons. The zero-order valence-corrected chi connectivity index (χ0v) is 9.89. The first-order valence-corrected chi connectivity index (χ1v) is 5.54. The van der Waals surface area contributed by atoms with Crippen LogP contribution in [0, 0.1) is 0 Å². The quantitative estimate of drug-likeness (QED) is 0.553. The second kappa shape index (κ2) is 8.51. The fourth-order valence-electron chi connectivity index (χ4n) is 0.901. The van der Waals surface area contributed by atoms with E-state index in [2.05, 4.69) is 28.2 Å². The van der Waals surface area contributed by atoms with Crippen molar-refractivity contribution in [3.8, 4) is 0 Å². The molecule has 0 saturated heterocycles. The second-order valence-electron chi connectivity index (χ2n) is 2.89. The Kier molecular flexibility index (Phi) is 8.45. The maximum absolute atomic E-state index is 11.3. The molecule has 0 aromatic heterocycles. The van der Waals surface area contributed by atoms with E-state index in [9.17, 15) is 4.79 Å². The van der Waals surface area contributed by atoms with Crippen LogP contribution in [0.25, 0.3) is 0 Å².